The van der Waals surface area contributed by atoms with Crippen molar-refractivity contribution in [3.05, 3.63) is 223 Å². The summed E-state index contributed by atoms with van der Waals surface area (Å²) in [6.45, 7) is 9.91. The number of aromatic nitrogens is 4. The molecule has 0 bridgehead atoms. The summed E-state index contributed by atoms with van der Waals surface area (Å²) in [5.41, 5.74) is 6.94. The number of aryl methyl sites for hydroxylation is 1. The maximum Gasteiger partial charge on any atom is 0.268 e. The van der Waals surface area contributed by atoms with Gasteiger partial charge in [0.2, 0.25) is 0 Å². The van der Waals surface area contributed by atoms with Gasteiger partial charge in [0, 0.05) is 54.0 Å². The SMILES string of the molecule is [2H]c1c([2H])c([2H])c(-c2cnc(-n3c4[c-]c(Oc5[c-]c(-n6[c-][n+](-c7c(-c8c([2H])c([2H])c([2H])c([2H])c8[2H])cccc7C(C)(C)C)c7ccc(-c8ccc(C(C)(C)C)cc8)cc76)ccc5)ccc4c4ccccc43)cc2C([2H])([2H])[2H])c([2H])c1[2H].[Pt]. The van der Waals surface area contributed by atoms with Crippen molar-refractivity contribution in [3.63, 3.8) is 0 Å². The fourth-order valence-corrected chi connectivity index (χ4v) is 8.84. The number of benzene rings is 8. The molecule has 11 rings (SSSR count). The molecule has 0 aliphatic carbocycles. The minimum atomic E-state index is -2.79. The van der Waals surface area contributed by atoms with Gasteiger partial charge in [0.25, 0.3) is 6.33 Å². The van der Waals surface area contributed by atoms with E-state index in [2.05, 4.69) is 90.3 Å². The summed E-state index contributed by atoms with van der Waals surface area (Å²) < 4.78 is 124. The Balaban J connectivity index is 0.00000753. The van der Waals surface area contributed by atoms with Gasteiger partial charge in [-0.25, -0.2) is 4.98 Å². The molecular weight excluding hydrogens is 1020 g/mol. The Hall–Kier alpha value is -7.33. The first-order chi connectivity index (χ1) is 38.2. The van der Waals surface area contributed by atoms with Gasteiger partial charge in [-0.05, 0) is 91.5 Å². The molecule has 0 fully saturated rings. The van der Waals surface area contributed by atoms with Gasteiger partial charge in [-0.2, -0.15) is 18.2 Å². The Morgan fingerprint density at radius 2 is 1.30 bits per heavy atom. The Morgan fingerprint density at radius 1 is 0.609 bits per heavy atom. The summed E-state index contributed by atoms with van der Waals surface area (Å²) in [7, 11) is 0. The van der Waals surface area contributed by atoms with Gasteiger partial charge in [-0.3, -0.25) is 4.57 Å². The molecule has 6 heteroatoms. The van der Waals surface area contributed by atoms with Crippen LogP contribution in [0.4, 0.5) is 0 Å². The average Bonchev–Trinajstić information content (AvgIpc) is 4.11. The van der Waals surface area contributed by atoms with E-state index in [1.807, 2.05) is 75.9 Å². The van der Waals surface area contributed by atoms with Crippen LogP contribution >= 0.6 is 0 Å². The first-order valence-electron chi connectivity index (χ1n) is 28.8. The molecule has 5 nitrogen and oxygen atoms in total. The van der Waals surface area contributed by atoms with Gasteiger partial charge in [0.05, 0.1) is 30.4 Å². The number of fused-ring (bicyclic) bond motifs is 4. The smallest absolute Gasteiger partial charge is 0.268 e. The third kappa shape index (κ3) is 8.51. The monoisotopic (exact) mass is 1090 g/mol. The van der Waals surface area contributed by atoms with Crippen LogP contribution in [-0.4, -0.2) is 14.1 Å². The summed E-state index contributed by atoms with van der Waals surface area (Å²) in [4.78, 5) is 4.70. The van der Waals surface area contributed by atoms with Crippen molar-refractivity contribution >= 4 is 32.8 Å². The largest absolute Gasteiger partial charge is 0.510 e. The van der Waals surface area contributed by atoms with E-state index in [1.165, 1.54) is 17.8 Å². The predicted molar refractivity (Wildman–Crippen MR) is 278 cm³/mol. The van der Waals surface area contributed by atoms with Gasteiger partial charge in [0.1, 0.15) is 5.82 Å². The van der Waals surface area contributed by atoms with Gasteiger partial charge < -0.3 is 13.9 Å². The van der Waals surface area contributed by atoms with Crippen LogP contribution in [0.5, 0.6) is 11.5 Å². The zero-order valence-corrected chi connectivity index (χ0v) is 40.9. The second kappa shape index (κ2) is 18.0. The van der Waals surface area contributed by atoms with Gasteiger partial charge in [-0.1, -0.05) is 180 Å². The molecule has 0 aliphatic rings. The molecule has 69 heavy (non-hydrogen) atoms. The molecule has 3 heterocycles. The van der Waals surface area contributed by atoms with E-state index in [4.69, 9.17) is 27.5 Å². The Labute approximate surface area is 437 Å². The molecule has 3 aromatic heterocycles. The van der Waals surface area contributed by atoms with Gasteiger partial charge >= 0.3 is 0 Å². The molecule has 0 atom stereocenters. The van der Waals surface area contributed by atoms with Crippen molar-refractivity contribution < 1.29 is 48.2 Å². The van der Waals surface area contributed by atoms with Crippen molar-refractivity contribution in [3.8, 4) is 62.1 Å². The van der Waals surface area contributed by atoms with Crippen LogP contribution in [0.15, 0.2) is 188 Å². The summed E-state index contributed by atoms with van der Waals surface area (Å²) in [5, 5.41) is 1.56. The van der Waals surface area contributed by atoms with Gasteiger partial charge in [0.15, 0.2) is 0 Å². The second-order valence-electron chi connectivity index (χ2n) is 18.8. The molecule has 11 aromatic rings. The van der Waals surface area contributed by atoms with Crippen LogP contribution in [0.2, 0.25) is 0 Å². The number of hydrogen-bond acceptors (Lipinski definition) is 2. The van der Waals surface area contributed by atoms with Crippen LogP contribution in [0, 0.1) is 25.3 Å². The third-order valence-electron chi connectivity index (χ3n) is 12.2. The number of imidazole rings is 1. The second-order valence-corrected chi connectivity index (χ2v) is 18.8. The van der Waals surface area contributed by atoms with Crippen LogP contribution in [0.3, 0.4) is 0 Å². The quantitative estimate of drug-likeness (QED) is 0.112. The maximum atomic E-state index is 9.11. The third-order valence-corrected chi connectivity index (χ3v) is 12.2. The minimum Gasteiger partial charge on any atom is -0.510 e. The first kappa shape index (κ1) is 32.4. The summed E-state index contributed by atoms with van der Waals surface area (Å²) >= 11 is 0. The molecule has 8 aromatic carbocycles. The molecule has 0 spiro atoms. The summed E-state index contributed by atoms with van der Waals surface area (Å²) in [6.07, 6.45) is 4.86. The Bertz CT molecular complexity index is 4340. The Morgan fingerprint density at radius 3 is 2.03 bits per heavy atom. The van der Waals surface area contributed by atoms with E-state index in [1.54, 1.807) is 22.8 Å². The van der Waals surface area contributed by atoms with E-state index >= 15 is 0 Å². The van der Waals surface area contributed by atoms with Crippen molar-refractivity contribution in [1.29, 1.82) is 0 Å². The zero-order chi connectivity index (χ0) is 57.9. The molecule has 0 saturated carbocycles. The molecule has 0 aliphatic heterocycles. The van der Waals surface area contributed by atoms with E-state index < -0.39 is 60.6 Å². The number of nitrogens with zero attached hydrogens (tertiary/aromatic N) is 4. The van der Waals surface area contributed by atoms with Crippen LogP contribution in [0.1, 0.15) is 76.1 Å². The average molecular weight is 1090 g/mol. The van der Waals surface area contributed by atoms with E-state index in [0.29, 0.717) is 39.2 Å². The van der Waals surface area contributed by atoms with Crippen LogP contribution in [0.25, 0.3) is 83.4 Å². The molecular formula is C63H52N4OPt-2. The summed E-state index contributed by atoms with van der Waals surface area (Å²) in [6, 6.07) is 40.2. The minimum absolute atomic E-state index is 0. The topological polar surface area (TPSA) is 35.9 Å². The number of para-hydroxylation sites is 2. The fraction of sp³-hybridized carbons (Fsp3) is 0.143. The number of hydrogen-bond donors (Lipinski definition) is 0. The number of ether oxygens (including phenoxy) is 1. The molecule has 0 amide bonds. The molecule has 342 valence electrons. The van der Waals surface area contributed by atoms with Crippen molar-refractivity contribution in [2.24, 2.45) is 0 Å². The van der Waals surface area contributed by atoms with Crippen molar-refractivity contribution in [2.75, 3.05) is 0 Å². The number of pyridine rings is 1. The predicted octanol–water partition coefficient (Wildman–Crippen LogP) is 15.5. The number of rotatable bonds is 8. The van der Waals surface area contributed by atoms with E-state index in [-0.39, 0.29) is 72.4 Å². The van der Waals surface area contributed by atoms with E-state index in [9.17, 15) is 0 Å². The normalized spacial score (nSPS) is 14.7. The molecule has 0 saturated heterocycles. The van der Waals surface area contributed by atoms with Crippen molar-refractivity contribution in [1.82, 2.24) is 14.1 Å². The van der Waals surface area contributed by atoms with E-state index in [0.717, 1.165) is 33.0 Å². The van der Waals surface area contributed by atoms with Gasteiger partial charge in [-0.15, -0.1) is 29.7 Å². The standard InChI is InChI=1S/C63H52N4O.Pt/c1-42-36-60(64-40-54(42)45-20-12-9-13-21-45)67-56-27-15-14-24-52(56)53-34-33-50(39-58(53)67)68-49-23-16-22-48(38-49)65-41-66(61-51(44-18-10-8-11-19-44)25-17-26-55(61)63(5,6)7)57-35-30-46(37-59(57)65)43-28-31-47(32-29-43)62(2,3)4;/h8-37,40H,1-7H3;/q-2;/i1D3,8D,9D,10D,11D,12D,13D,18D,19D,20D,21D;. The molecule has 0 unspecified atom stereocenters. The van der Waals surface area contributed by atoms with Crippen LogP contribution < -0.4 is 9.30 Å². The molecule has 0 radical (unpaired) electrons. The Kier molecular flexibility index (Phi) is 8.44. The van der Waals surface area contributed by atoms with Crippen LogP contribution in [-0.2, 0) is 31.9 Å². The molecule has 0 N–H and O–H groups in total. The maximum absolute atomic E-state index is 9.11. The summed E-state index contributed by atoms with van der Waals surface area (Å²) in [5.74, 6) is 0.773. The zero-order valence-electron chi connectivity index (χ0n) is 51.6. The van der Waals surface area contributed by atoms with Crippen molar-refractivity contribution in [2.45, 2.75) is 59.2 Å². The first-order valence-corrected chi connectivity index (χ1v) is 22.3. The fourth-order valence-electron chi connectivity index (χ4n) is 8.84.